The summed E-state index contributed by atoms with van der Waals surface area (Å²) in [4.78, 5) is 10.6. The lowest BCUT2D eigenvalue weighted by Crippen LogP contribution is -2.20. The van der Waals surface area contributed by atoms with Crippen molar-refractivity contribution in [1.29, 1.82) is 0 Å². The normalized spacial score (nSPS) is 12.7. The van der Waals surface area contributed by atoms with Crippen molar-refractivity contribution in [3.63, 3.8) is 0 Å². The van der Waals surface area contributed by atoms with E-state index in [1.54, 1.807) is 6.92 Å². The van der Waals surface area contributed by atoms with Gasteiger partial charge in [0.1, 0.15) is 0 Å². The molecule has 0 fully saturated rings. The fourth-order valence-corrected chi connectivity index (χ4v) is 0.541. The molecule has 0 aromatic heterocycles. The number of esters is 1. The van der Waals surface area contributed by atoms with Gasteiger partial charge in [-0.2, -0.15) is 0 Å². The van der Waals surface area contributed by atoms with Crippen molar-refractivity contribution in [2.45, 2.75) is 20.0 Å². The van der Waals surface area contributed by atoms with Crippen LogP contribution in [0.2, 0.25) is 0 Å². The van der Waals surface area contributed by atoms with Gasteiger partial charge in [0.15, 0.2) is 6.10 Å². The fourth-order valence-electron chi connectivity index (χ4n) is 0.353. The van der Waals surface area contributed by atoms with Crippen LogP contribution in [-0.2, 0) is 13.7 Å². The topological polar surface area (TPSA) is 35.5 Å². The summed E-state index contributed by atoms with van der Waals surface area (Å²) in [6.45, 7) is 3.38. The lowest BCUT2D eigenvalue weighted by Gasteiger charge is -2.06. The molecule has 0 saturated carbocycles. The van der Waals surface area contributed by atoms with Gasteiger partial charge in [-0.25, -0.2) is 4.79 Å². The molecule has 0 aliphatic heterocycles. The van der Waals surface area contributed by atoms with Crippen molar-refractivity contribution in [3.05, 3.63) is 0 Å². The molecule has 0 bridgehead atoms. The van der Waals surface area contributed by atoms with Gasteiger partial charge in [-0.05, 0) is 13.8 Å². The Morgan fingerprint density at radius 1 is 1.80 bits per heavy atom. The first kappa shape index (κ1) is 9.71. The zero-order valence-corrected chi connectivity index (χ0v) is 6.61. The van der Waals surface area contributed by atoms with Crippen LogP contribution in [0.25, 0.3) is 0 Å². The summed E-state index contributed by atoms with van der Waals surface area (Å²) in [5.74, 6) is -0.548. The Bertz CT molecular complexity index is 109. The minimum absolute atomic E-state index is 0.281. The Kier molecular flexibility index (Phi) is 5.33. The molecule has 5 heteroatoms. The Hall–Kier alpha value is -0.290. The largest absolute Gasteiger partial charge is 0.464 e. The van der Waals surface area contributed by atoms with Crippen LogP contribution >= 0.6 is 12.4 Å². The van der Waals surface area contributed by atoms with Crippen molar-refractivity contribution in [1.82, 2.24) is 0 Å². The monoisotopic (exact) mass is 168 g/mol. The van der Waals surface area contributed by atoms with Gasteiger partial charge in [0.2, 0.25) is 12.4 Å². The van der Waals surface area contributed by atoms with Crippen molar-refractivity contribution in [2.75, 3.05) is 6.61 Å². The second-order valence-electron chi connectivity index (χ2n) is 1.55. The quantitative estimate of drug-likeness (QED) is 0.470. The number of ether oxygens (including phenoxy) is 1. The van der Waals surface area contributed by atoms with Crippen LogP contribution in [0.4, 0.5) is 3.89 Å². The molecule has 60 valence electrons. The third kappa shape index (κ3) is 3.68. The molecule has 0 heterocycles. The average Bonchev–Trinajstić information content (AvgIpc) is 1.89. The maximum Gasteiger partial charge on any atom is 0.336 e. The highest BCUT2D eigenvalue weighted by molar-refractivity contribution is 7.89. The standard InChI is InChI=1S/C5H9FO3S/c1-3-8-5(7)4(2)9-10-6/h4H,3H2,1-2H3/t4-/m1/s1. The maximum absolute atomic E-state index is 11.3. The SMILES string of the molecule is CCOC(=O)[C@@H](C)OSF. The molecule has 0 aliphatic carbocycles. The van der Waals surface area contributed by atoms with Crippen molar-refractivity contribution >= 4 is 18.4 Å². The van der Waals surface area contributed by atoms with Gasteiger partial charge >= 0.3 is 5.97 Å². The molecule has 1 atom stereocenters. The summed E-state index contributed by atoms with van der Waals surface area (Å²) in [5, 5.41) is 0. The number of carbonyl (C=O) groups is 1. The van der Waals surface area contributed by atoms with Gasteiger partial charge < -0.3 is 4.74 Å². The van der Waals surface area contributed by atoms with E-state index in [0.717, 1.165) is 0 Å². The summed E-state index contributed by atoms with van der Waals surface area (Å²) in [5.41, 5.74) is 0. The van der Waals surface area contributed by atoms with E-state index in [2.05, 4.69) is 8.92 Å². The summed E-state index contributed by atoms with van der Waals surface area (Å²) in [7, 11) is 0. The Morgan fingerprint density at radius 3 is 2.80 bits per heavy atom. The first-order chi connectivity index (χ1) is 4.72. The predicted molar refractivity (Wildman–Crippen MR) is 35.9 cm³/mol. The average molecular weight is 168 g/mol. The van der Waals surface area contributed by atoms with Gasteiger partial charge in [-0.15, -0.1) is 3.89 Å². The number of hydrogen-bond donors (Lipinski definition) is 0. The number of rotatable bonds is 4. The minimum atomic E-state index is -0.838. The van der Waals surface area contributed by atoms with E-state index in [9.17, 15) is 8.68 Å². The van der Waals surface area contributed by atoms with Crippen LogP contribution in [0.5, 0.6) is 0 Å². The third-order valence-corrected chi connectivity index (χ3v) is 1.16. The van der Waals surface area contributed by atoms with Crippen molar-refractivity contribution in [3.8, 4) is 0 Å². The first-order valence-electron chi connectivity index (χ1n) is 2.83. The molecule has 0 spiro atoms. The van der Waals surface area contributed by atoms with E-state index >= 15 is 0 Å². The van der Waals surface area contributed by atoms with Gasteiger partial charge in [-0.1, -0.05) is 0 Å². The highest BCUT2D eigenvalue weighted by Gasteiger charge is 2.14. The van der Waals surface area contributed by atoms with Gasteiger partial charge in [0.25, 0.3) is 0 Å². The van der Waals surface area contributed by atoms with Crippen LogP contribution in [0.3, 0.4) is 0 Å². The van der Waals surface area contributed by atoms with E-state index in [0.29, 0.717) is 0 Å². The molecule has 0 aromatic carbocycles. The predicted octanol–water partition coefficient (Wildman–Crippen LogP) is 1.49. The van der Waals surface area contributed by atoms with E-state index in [1.807, 2.05) is 0 Å². The van der Waals surface area contributed by atoms with Gasteiger partial charge in [0, 0.05) is 0 Å². The van der Waals surface area contributed by atoms with Crippen LogP contribution in [0.1, 0.15) is 13.8 Å². The molecule has 0 aromatic rings. The summed E-state index contributed by atoms with van der Waals surface area (Å²) in [6.07, 6.45) is -0.838. The molecule has 3 nitrogen and oxygen atoms in total. The number of hydrogen-bond acceptors (Lipinski definition) is 4. The van der Waals surface area contributed by atoms with Crippen LogP contribution < -0.4 is 0 Å². The lowest BCUT2D eigenvalue weighted by molar-refractivity contribution is -0.150. The van der Waals surface area contributed by atoms with Crippen LogP contribution in [-0.4, -0.2) is 18.7 Å². The van der Waals surface area contributed by atoms with E-state index in [4.69, 9.17) is 0 Å². The second kappa shape index (κ2) is 5.49. The summed E-state index contributed by atoms with van der Waals surface area (Å²) >= 11 is -0.337. The summed E-state index contributed by atoms with van der Waals surface area (Å²) in [6, 6.07) is 0. The maximum atomic E-state index is 11.3. The third-order valence-electron chi connectivity index (χ3n) is 0.799. The van der Waals surface area contributed by atoms with Gasteiger partial charge in [-0.3, -0.25) is 4.18 Å². The smallest absolute Gasteiger partial charge is 0.336 e. The van der Waals surface area contributed by atoms with E-state index in [-0.39, 0.29) is 19.0 Å². The number of halogens is 1. The van der Waals surface area contributed by atoms with Crippen LogP contribution in [0.15, 0.2) is 0 Å². The Morgan fingerprint density at radius 2 is 2.40 bits per heavy atom. The van der Waals surface area contributed by atoms with Gasteiger partial charge in [0.05, 0.1) is 6.61 Å². The van der Waals surface area contributed by atoms with Crippen LogP contribution in [0, 0.1) is 0 Å². The van der Waals surface area contributed by atoms with E-state index in [1.165, 1.54) is 6.92 Å². The minimum Gasteiger partial charge on any atom is -0.464 e. The molecular weight excluding hydrogens is 159 g/mol. The molecule has 0 saturated heterocycles. The molecule has 0 N–H and O–H groups in total. The second-order valence-corrected chi connectivity index (χ2v) is 1.87. The van der Waals surface area contributed by atoms with E-state index < -0.39 is 12.1 Å². The number of carbonyl (C=O) groups excluding carboxylic acids is 1. The van der Waals surface area contributed by atoms with Crippen molar-refractivity contribution in [2.24, 2.45) is 0 Å². The summed E-state index contributed by atoms with van der Waals surface area (Å²) < 4.78 is 20.1. The van der Waals surface area contributed by atoms with Crippen molar-refractivity contribution < 1.29 is 17.6 Å². The molecule has 0 unspecified atom stereocenters. The lowest BCUT2D eigenvalue weighted by atomic mass is 10.4. The Balaban J connectivity index is 3.49. The zero-order valence-electron chi connectivity index (χ0n) is 5.80. The zero-order chi connectivity index (χ0) is 7.98. The molecule has 10 heavy (non-hydrogen) atoms. The highest BCUT2D eigenvalue weighted by Crippen LogP contribution is 2.08. The Labute approximate surface area is 63.4 Å². The molecule has 0 amide bonds. The highest BCUT2D eigenvalue weighted by atomic mass is 32.2. The first-order valence-corrected chi connectivity index (χ1v) is 3.47. The molecule has 0 radical (unpaired) electrons. The molecule has 0 rings (SSSR count). The molecule has 0 aliphatic rings. The fraction of sp³-hybridized carbons (Fsp3) is 0.800. The molecular formula is C5H9FO3S.